The zero-order valence-electron chi connectivity index (χ0n) is 18.4. The maximum atomic E-state index is 12.5. The molecule has 7 nitrogen and oxygen atoms in total. The maximum Gasteiger partial charge on any atom is 0.338 e. The summed E-state index contributed by atoms with van der Waals surface area (Å²) in [6, 6.07) is 14.5. The second kappa shape index (κ2) is 9.81. The van der Waals surface area contributed by atoms with Crippen LogP contribution in [-0.2, 0) is 16.0 Å². The fourth-order valence-electron chi connectivity index (χ4n) is 4.35. The van der Waals surface area contributed by atoms with Crippen LogP contribution in [0.1, 0.15) is 49.5 Å². The van der Waals surface area contributed by atoms with E-state index < -0.39 is 17.8 Å². The van der Waals surface area contributed by atoms with Crippen molar-refractivity contribution in [1.82, 2.24) is 9.80 Å². The molecule has 1 fully saturated rings. The molecule has 170 valence electrons. The van der Waals surface area contributed by atoms with Crippen LogP contribution in [-0.4, -0.2) is 59.7 Å². The van der Waals surface area contributed by atoms with E-state index in [9.17, 15) is 19.2 Å². The van der Waals surface area contributed by atoms with Crippen LogP contribution in [0.3, 0.4) is 0 Å². The normalized spacial score (nSPS) is 16.0. The van der Waals surface area contributed by atoms with E-state index >= 15 is 0 Å². The molecule has 2 heterocycles. The van der Waals surface area contributed by atoms with Crippen molar-refractivity contribution in [1.29, 1.82) is 0 Å². The van der Waals surface area contributed by atoms with Crippen molar-refractivity contribution in [2.24, 2.45) is 5.92 Å². The third kappa shape index (κ3) is 4.87. The van der Waals surface area contributed by atoms with Crippen molar-refractivity contribution in [3.05, 3.63) is 83.4 Å². The van der Waals surface area contributed by atoms with Gasteiger partial charge in [0.25, 0.3) is 17.7 Å². The van der Waals surface area contributed by atoms with Crippen LogP contribution in [0.2, 0.25) is 0 Å². The minimum atomic E-state index is -0.701. The number of amides is 3. The number of piperidine rings is 1. The molecular weight excluding hydrogens is 420 g/mol. The van der Waals surface area contributed by atoms with Gasteiger partial charge in [-0.3, -0.25) is 19.3 Å². The van der Waals surface area contributed by atoms with E-state index in [1.165, 1.54) is 29.8 Å². The van der Waals surface area contributed by atoms with Crippen LogP contribution in [0.4, 0.5) is 0 Å². The Morgan fingerprint density at radius 2 is 1.70 bits per heavy atom. The standard InChI is InChI=1S/C26H26N2O5/c1-2-12-28-24(30)21-9-8-20(16-22(21)25(28)31)26(32)33-17-23(29)27-13-10-19(11-14-27)15-18-6-4-3-5-7-18/h2-9,16,19H,1,10-15,17H2. The first kappa shape index (κ1) is 22.5. The van der Waals surface area contributed by atoms with Crippen LogP contribution < -0.4 is 0 Å². The molecule has 0 aromatic heterocycles. The van der Waals surface area contributed by atoms with E-state index in [-0.39, 0.29) is 35.7 Å². The summed E-state index contributed by atoms with van der Waals surface area (Å²) in [7, 11) is 0. The molecule has 0 radical (unpaired) electrons. The van der Waals surface area contributed by atoms with Crippen LogP contribution in [0.15, 0.2) is 61.2 Å². The summed E-state index contributed by atoms with van der Waals surface area (Å²) >= 11 is 0. The van der Waals surface area contributed by atoms with Gasteiger partial charge in [-0.25, -0.2) is 4.79 Å². The molecular formula is C26H26N2O5. The quantitative estimate of drug-likeness (QED) is 0.371. The van der Waals surface area contributed by atoms with Gasteiger partial charge >= 0.3 is 5.97 Å². The van der Waals surface area contributed by atoms with Crippen molar-refractivity contribution < 1.29 is 23.9 Å². The molecule has 4 rings (SSSR count). The number of likely N-dealkylation sites (tertiary alicyclic amines) is 1. The average molecular weight is 447 g/mol. The monoisotopic (exact) mass is 446 g/mol. The number of fused-ring (bicyclic) bond motifs is 1. The highest BCUT2D eigenvalue weighted by Crippen LogP contribution is 2.25. The van der Waals surface area contributed by atoms with Crippen LogP contribution in [0.5, 0.6) is 0 Å². The third-order valence-corrected chi connectivity index (χ3v) is 6.18. The van der Waals surface area contributed by atoms with Crippen LogP contribution in [0, 0.1) is 5.92 Å². The number of carbonyl (C=O) groups is 4. The fraction of sp³-hybridized carbons (Fsp3) is 0.308. The molecule has 3 amide bonds. The van der Waals surface area contributed by atoms with Gasteiger partial charge in [0.2, 0.25) is 0 Å². The summed E-state index contributed by atoms with van der Waals surface area (Å²) < 4.78 is 5.21. The predicted molar refractivity (Wildman–Crippen MR) is 122 cm³/mol. The highest BCUT2D eigenvalue weighted by atomic mass is 16.5. The van der Waals surface area contributed by atoms with Gasteiger partial charge < -0.3 is 9.64 Å². The lowest BCUT2D eigenvalue weighted by molar-refractivity contribution is -0.135. The molecule has 0 aliphatic carbocycles. The number of rotatable bonds is 7. The van der Waals surface area contributed by atoms with Gasteiger partial charge in [-0.2, -0.15) is 0 Å². The smallest absolute Gasteiger partial charge is 0.338 e. The molecule has 0 atom stereocenters. The first-order valence-corrected chi connectivity index (χ1v) is 11.1. The van der Waals surface area contributed by atoms with Gasteiger partial charge in [0.05, 0.1) is 16.7 Å². The summed E-state index contributed by atoms with van der Waals surface area (Å²) in [5.41, 5.74) is 1.83. The second-order valence-electron chi connectivity index (χ2n) is 8.36. The Hall–Kier alpha value is -3.74. The SMILES string of the molecule is C=CCN1C(=O)c2ccc(C(=O)OCC(=O)N3CCC(Cc4ccccc4)CC3)cc2C1=O. The minimum Gasteiger partial charge on any atom is -0.452 e. The number of benzene rings is 2. The summed E-state index contributed by atoms with van der Waals surface area (Å²) in [6.45, 7) is 4.58. The van der Waals surface area contributed by atoms with E-state index in [1.807, 2.05) is 18.2 Å². The summed E-state index contributed by atoms with van der Waals surface area (Å²) in [6.07, 6.45) is 4.29. The van der Waals surface area contributed by atoms with E-state index in [4.69, 9.17) is 4.74 Å². The lowest BCUT2D eigenvalue weighted by Gasteiger charge is -2.32. The van der Waals surface area contributed by atoms with E-state index in [2.05, 4.69) is 18.7 Å². The fourth-order valence-corrected chi connectivity index (χ4v) is 4.35. The van der Waals surface area contributed by atoms with Gasteiger partial charge in [0.1, 0.15) is 0 Å². The third-order valence-electron chi connectivity index (χ3n) is 6.18. The summed E-state index contributed by atoms with van der Waals surface area (Å²) in [5, 5.41) is 0. The molecule has 0 unspecified atom stereocenters. The molecule has 2 aliphatic heterocycles. The molecule has 2 aromatic rings. The number of esters is 1. The van der Waals surface area contributed by atoms with E-state index in [0.717, 1.165) is 24.2 Å². The molecule has 0 N–H and O–H groups in total. The Kier molecular flexibility index (Phi) is 6.68. The number of nitrogens with zero attached hydrogens (tertiary/aromatic N) is 2. The molecule has 0 spiro atoms. The van der Waals surface area contributed by atoms with Crippen molar-refractivity contribution in [2.45, 2.75) is 19.3 Å². The second-order valence-corrected chi connectivity index (χ2v) is 8.36. The molecule has 1 saturated heterocycles. The molecule has 2 aliphatic rings. The van der Waals surface area contributed by atoms with Crippen molar-refractivity contribution in [3.8, 4) is 0 Å². The zero-order valence-corrected chi connectivity index (χ0v) is 18.4. The lowest BCUT2D eigenvalue weighted by Crippen LogP contribution is -2.41. The Morgan fingerprint density at radius 3 is 2.39 bits per heavy atom. The van der Waals surface area contributed by atoms with Crippen molar-refractivity contribution >= 4 is 23.7 Å². The van der Waals surface area contributed by atoms with Gasteiger partial charge in [0.15, 0.2) is 6.61 Å². The van der Waals surface area contributed by atoms with Crippen LogP contribution >= 0.6 is 0 Å². The Morgan fingerprint density at radius 1 is 1.00 bits per heavy atom. The number of ether oxygens (including phenoxy) is 1. The first-order valence-electron chi connectivity index (χ1n) is 11.1. The Bertz CT molecular complexity index is 1090. The minimum absolute atomic E-state index is 0.0999. The Labute approximate surface area is 192 Å². The van der Waals surface area contributed by atoms with Crippen molar-refractivity contribution in [3.63, 3.8) is 0 Å². The molecule has 0 bridgehead atoms. The lowest BCUT2D eigenvalue weighted by atomic mass is 9.90. The summed E-state index contributed by atoms with van der Waals surface area (Å²) in [5.74, 6) is -1.29. The molecule has 0 saturated carbocycles. The predicted octanol–water partition coefficient (Wildman–Crippen LogP) is 3.11. The number of imide groups is 1. The summed E-state index contributed by atoms with van der Waals surface area (Å²) in [4.78, 5) is 52.5. The zero-order chi connectivity index (χ0) is 23.4. The van der Waals surface area contributed by atoms with E-state index in [0.29, 0.717) is 19.0 Å². The highest BCUT2D eigenvalue weighted by Gasteiger charge is 2.35. The molecule has 7 heteroatoms. The first-order chi connectivity index (χ1) is 16.0. The van der Waals surface area contributed by atoms with Gasteiger partial charge in [-0.05, 0) is 48.9 Å². The number of hydrogen-bond donors (Lipinski definition) is 0. The Balaban J connectivity index is 1.28. The number of hydrogen-bond acceptors (Lipinski definition) is 5. The molecule has 2 aromatic carbocycles. The highest BCUT2D eigenvalue weighted by molar-refractivity contribution is 6.22. The van der Waals surface area contributed by atoms with Crippen molar-refractivity contribution in [2.75, 3.05) is 26.2 Å². The van der Waals surface area contributed by atoms with Gasteiger partial charge in [-0.1, -0.05) is 36.4 Å². The average Bonchev–Trinajstić information content (AvgIpc) is 3.08. The largest absolute Gasteiger partial charge is 0.452 e. The maximum absolute atomic E-state index is 12.5. The van der Waals surface area contributed by atoms with E-state index in [1.54, 1.807) is 4.90 Å². The molecule has 33 heavy (non-hydrogen) atoms. The topological polar surface area (TPSA) is 84.0 Å². The van der Waals surface area contributed by atoms with Gasteiger partial charge in [0, 0.05) is 19.6 Å². The number of carbonyl (C=O) groups excluding carboxylic acids is 4. The van der Waals surface area contributed by atoms with Crippen LogP contribution in [0.25, 0.3) is 0 Å². The van der Waals surface area contributed by atoms with Gasteiger partial charge in [-0.15, -0.1) is 6.58 Å².